The summed E-state index contributed by atoms with van der Waals surface area (Å²) < 4.78 is 0. The molecule has 0 N–H and O–H groups in total. The number of fused-ring (bicyclic) bond motifs is 3. The minimum Gasteiger partial charge on any atom is -0.0991 e. The van der Waals surface area contributed by atoms with Crippen LogP contribution in [0.5, 0.6) is 0 Å². The Balaban J connectivity index is 2.56. The van der Waals surface area contributed by atoms with Gasteiger partial charge >= 0.3 is 0 Å². The lowest BCUT2D eigenvalue weighted by Crippen LogP contribution is -2.32. The number of hydrogen-bond donors (Lipinski definition) is 0. The third-order valence-electron chi connectivity index (χ3n) is 5.38. The number of allylic oxidation sites excluding steroid dienone is 8. The molecule has 1 aliphatic carbocycles. The molecule has 136 valence electrons. The van der Waals surface area contributed by atoms with E-state index in [0.29, 0.717) is 5.92 Å². The maximum absolute atomic E-state index is 4.01. The van der Waals surface area contributed by atoms with Crippen LogP contribution < -0.4 is 0 Å². The second-order valence-electron chi connectivity index (χ2n) is 7.21. The van der Waals surface area contributed by atoms with Crippen molar-refractivity contribution in [2.24, 2.45) is 5.92 Å². The van der Waals surface area contributed by atoms with E-state index < -0.39 is 0 Å². The van der Waals surface area contributed by atoms with Crippen molar-refractivity contribution >= 4 is 0 Å². The summed E-state index contributed by atoms with van der Waals surface area (Å²) in [4.78, 5) is 0. The van der Waals surface area contributed by atoms with Gasteiger partial charge in [0.05, 0.1) is 5.41 Å². The standard InChI is InChI=1S/C27H28/c1-6-13-21(14-7-2)27(24(15-8-3)20(4)5)25-18-11-9-16-22(25)23-17-10-12-19-26(23)27/h6-20H,1,3H2,2,4-5H3/b14-7-,21-13+,24-15+. The maximum atomic E-state index is 4.01. The fourth-order valence-corrected chi connectivity index (χ4v) is 4.51. The quantitative estimate of drug-likeness (QED) is 0.475. The van der Waals surface area contributed by atoms with Crippen molar-refractivity contribution < 1.29 is 0 Å². The molecule has 0 unspecified atom stereocenters. The molecule has 0 fully saturated rings. The predicted molar refractivity (Wildman–Crippen MR) is 119 cm³/mol. The van der Waals surface area contributed by atoms with Crippen molar-refractivity contribution in [2.45, 2.75) is 26.2 Å². The molecule has 0 atom stereocenters. The first-order valence-corrected chi connectivity index (χ1v) is 9.61. The van der Waals surface area contributed by atoms with Gasteiger partial charge in [-0.3, -0.25) is 0 Å². The van der Waals surface area contributed by atoms with Crippen molar-refractivity contribution in [1.82, 2.24) is 0 Å². The van der Waals surface area contributed by atoms with Gasteiger partial charge in [0.25, 0.3) is 0 Å². The van der Waals surface area contributed by atoms with Crippen LogP contribution in [-0.2, 0) is 5.41 Å². The topological polar surface area (TPSA) is 0 Å². The van der Waals surface area contributed by atoms with Crippen LogP contribution in [0.3, 0.4) is 0 Å². The molecule has 0 saturated heterocycles. The van der Waals surface area contributed by atoms with Gasteiger partial charge in [-0.2, -0.15) is 0 Å². The van der Waals surface area contributed by atoms with Gasteiger partial charge in [-0.05, 0) is 46.2 Å². The minimum atomic E-state index is -0.337. The van der Waals surface area contributed by atoms with E-state index in [9.17, 15) is 0 Å². The predicted octanol–water partition coefficient (Wildman–Crippen LogP) is 7.41. The molecule has 0 heterocycles. The Morgan fingerprint density at radius 1 is 0.852 bits per heavy atom. The van der Waals surface area contributed by atoms with E-state index in [1.165, 1.54) is 33.4 Å². The van der Waals surface area contributed by atoms with Crippen molar-refractivity contribution in [3.8, 4) is 11.1 Å². The summed E-state index contributed by atoms with van der Waals surface area (Å²) in [7, 11) is 0. The molecule has 0 saturated carbocycles. The number of hydrogen-bond acceptors (Lipinski definition) is 0. The van der Waals surface area contributed by atoms with Crippen LogP contribution in [0, 0.1) is 5.92 Å². The van der Waals surface area contributed by atoms with Crippen molar-refractivity contribution in [2.75, 3.05) is 0 Å². The van der Waals surface area contributed by atoms with Gasteiger partial charge in [0.15, 0.2) is 0 Å². The van der Waals surface area contributed by atoms with Gasteiger partial charge in [0.2, 0.25) is 0 Å². The zero-order chi connectivity index (χ0) is 19.4. The summed E-state index contributed by atoms with van der Waals surface area (Å²) in [5.74, 6) is 0.362. The highest BCUT2D eigenvalue weighted by Gasteiger charge is 2.47. The Morgan fingerprint density at radius 3 is 1.81 bits per heavy atom. The molecular formula is C27H28. The van der Waals surface area contributed by atoms with E-state index in [1.54, 1.807) is 0 Å². The Kier molecular flexibility index (Phi) is 5.46. The summed E-state index contributed by atoms with van der Waals surface area (Å²) in [5, 5.41) is 0. The van der Waals surface area contributed by atoms with E-state index in [2.05, 4.69) is 107 Å². The fraction of sp³-hybridized carbons (Fsp3) is 0.185. The van der Waals surface area contributed by atoms with Gasteiger partial charge < -0.3 is 0 Å². The van der Waals surface area contributed by atoms with E-state index in [1.807, 2.05) is 12.2 Å². The molecule has 0 aliphatic heterocycles. The summed E-state index contributed by atoms with van der Waals surface area (Å²) >= 11 is 0. The third kappa shape index (κ3) is 2.86. The van der Waals surface area contributed by atoms with Crippen LogP contribution in [0.25, 0.3) is 11.1 Å². The zero-order valence-corrected chi connectivity index (χ0v) is 16.6. The largest absolute Gasteiger partial charge is 0.0991 e. The molecule has 0 radical (unpaired) electrons. The molecular weight excluding hydrogens is 324 g/mol. The lowest BCUT2D eigenvalue weighted by Gasteiger charge is -2.38. The molecule has 2 aromatic carbocycles. The third-order valence-corrected chi connectivity index (χ3v) is 5.38. The molecule has 0 spiro atoms. The summed E-state index contributed by atoms with van der Waals surface area (Å²) in [6.45, 7) is 14.6. The van der Waals surface area contributed by atoms with Gasteiger partial charge in [-0.25, -0.2) is 0 Å². The van der Waals surface area contributed by atoms with Crippen LogP contribution in [0.15, 0.2) is 109 Å². The van der Waals surface area contributed by atoms with E-state index in [-0.39, 0.29) is 5.41 Å². The first kappa shape index (κ1) is 18.9. The maximum Gasteiger partial charge on any atom is 0.0678 e. The normalized spacial score (nSPS) is 15.7. The highest BCUT2D eigenvalue weighted by Crippen LogP contribution is 2.58. The van der Waals surface area contributed by atoms with E-state index in [0.717, 1.165) is 0 Å². The van der Waals surface area contributed by atoms with Gasteiger partial charge in [0, 0.05) is 0 Å². The van der Waals surface area contributed by atoms with Crippen LogP contribution in [0.2, 0.25) is 0 Å². The molecule has 1 aliphatic rings. The van der Waals surface area contributed by atoms with E-state index >= 15 is 0 Å². The van der Waals surface area contributed by atoms with Crippen molar-refractivity contribution in [3.63, 3.8) is 0 Å². The SMILES string of the molecule is C=C/C=C(\C=C/C)C1(/C(=C/C=C)C(C)C)c2ccccc2-c2ccccc21. The second kappa shape index (κ2) is 7.80. The van der Waals surface area contributed by atoms with Crippen LogP contribution in [0.1, 0.15) is 31.9 Å². The van der Waals surface area contributed by atoms with Crippen molar-refractivity contribution in [1.29, 1.82) is 0 Å². The molecule has 3 rings (SSSR count). The fourth-order valence-electron chi connectivity index (χ4n) is 4.51. The van der Waals surface area contributed by atoms with Crippen LogP contribution in [-0.4, -0.2) is 0 Å². The molecule has 0 nitrogen and oxygen atoms in total. The van der Waals surface area contributed by atoms with Crippen molar-refractivity contribution in [3.05, 3.63) is 120 Å². The second-order valence-corrected chi connectivity index (χ2v) is 7.21. The van der Waals surface area contributed by atoms with E-state index in [4.69, 9.17) is 0 Å². The molecule has 0 aromatic heterocycles. The monoisotopic (exact) mass is 352 g/mol. The molecule has 0 heteroatoms. The minimum absolute atomic E-state index is 0.337. The molecule has 2 aromatic rings. The average molecular weight is 353 g/mol. The van der Waals surface area contributed by atoms with Gasteiger partial charge in [0.1, 0.15) is 0 Å². The highest BCUT2D eigenvalue weighted by molar-refractivity contribution is 5.86. The zero-order valence-electron chi connectivity index (χ0n) is 16.6. The number of rotatable bonds is 6. The summed E-state index contributed by atoms with van der Waals surface area (Å²) in [6.07, 6.45) is 12.5. The Labute approximate surface area is 164 Å². The number of benzene rings is 2. The molecule has 0 amide bonds. The summed E-state index contributed by atoms with van der Waals surface area (Å²) in [6, 6.07) is 17.6. The molecule has 27 heavy (non-hydrogen) atoms. The average Bonchev–Trinajstić information content (AvgIpc) is 2.97. The van der Waals surface area contributed by atoms with Gasteiger partial charge in [-0.15, -0.1) is 0 Å². The lowest BCUT2D eigenvalue weighted by molar-refractivity contribution is 0.614. The summed E-state index contributed by atoms with van der Waals surface area (Å²) in [5.41, 5.74) is 7.53. The van der Waals surface area contributed by atoms with Crippen LogP contribution in [0.4, 0.5) is 0 Å². The van der Waals surface area contributed by atoms with Crippen LogP contribution >= 0.6 is 0 Å². The highest BCUT2D eigenvalue weighted by atomic mass is 14.5. The molecule has 0 bridgehead atoms. The first-order valence-electron chi connectivity index (χ1n) is 9.61. The lowest BCUT2D eigenvalue weighted by atomic mass is 9.63. The Bertz CT molecular complexity index is 902. The smallest absolute Gasteiger partial charge is 0.0678 e. The Hall–Kier alpha value is -2.86. The Morgan fingerprint density at radius 2 is 1.37 bits per heavy atom. The first-order chi connectivity index (χ1) is 13.1. The van der Waals surface area contributed by atoms with Gasteiger partial charge in [-0.1, -0.05) is 112 Å².